The van der Waals surface area contributed by atoms with Gasteiger partial charge in [-0.25, -0.2) is 14.3 Å². The molecule has 4 N–H and O–H groups in total. The van der Waals surface area contributed by atoms with E-state index in [1.54, 1.807) is 46.6 Å². The zero-order chi connectivity index (χ0) is 24.0. The monoisotopic (exact) mass is 458 g/mol. The number of nitrogen functional groups attached to an aromatic ring is 1. The lowest BCUT2D eigenvalue weighted by Gasteiger charge is -2.09. The van der Waals surface area contributed by atoms with E-state index in [1.807, 2.05) is 19.9 Å². The second kappa shape index (κ2) is 8.29. The van der Waals surface area contributed by atoms with Crippen molar-refractivity contribution in [2.24, 2.45) is 7.05 Å². The molecule has 5 rings (SSSR count). The molecule has 10 nitrogen and oxygen atoms in total. The first kappa shape index (κ1) is 21.6. The lowest BCUT2D eigenvalue weighted by Crippen LogP contribution is -2.21. The van der Waals surface area contributed by atoms with Gasteiger partial charge in [0.25, 0.3) is 0 Å². The summed E-state index contributed by atoms with van der Waals surface area (Å²) in [6.07, 6.45) is 3.65. The van der Waals surface area contributed by atoms with Gasteiger partial charge in [-0.05, 0) is 37.0 Å². The van der Waals surface area contributed by atoms with Gasteiger partial charge in [-0.1, -0.05) is 26.0 Å². The molecule has 34 heavy (non-hydrogen) atoms. The zero-order valence-corrected chi connectivity index (χ0v) is 19.2. The van der Waals surface area contributed by atoms with Crippen molar-refractivity contribution in [2.45, 2.75) is 38.5 Å². The van der Waals surface area contributed by atoms with Crippen LogP contribution in [0.25, 0.3) is 5.52 Å². The summed E-state index contributed by atoms with van der Waals surface area (Å²) >= 11 is 0. The first-order valence-corrected chi connectivity index (χ1v) is 11.2. The number of fused-ring (bicyclic) bond motifs is 1. The molecule has 1 saturated carbocycles. The number of hydrogen-bond acceptors (Lipinski definition) is 6. The molecule has 1 aliphatic carbocycles. The van der Waals surface area contributed by atoms with Gasteiger partial charge < -0.3 is 11.1 Å². The van der Waals surface area contributed by atoms with Gasteiger partial charge in [0.05, 0.1) is 11.3 Å². The zero-order valence-electron chi connectivity index (χ0n) is 19.2. The van der Waals surface area contributed by atoms with Gasteiger partial charge in [0.1, 0.15) is 17.7 Å². The molecule has 0 unspecified atom stereocenters. The van der Waals surface area contributed by atoms with Crippen molar-refractivity contribution in [1.82, 2.24) is 24.4 Å². The maximum absolute atomic E-state index is 13.4. The third-order valence-electron chi connectivity index (χ3n) is 5.96. The van der Waals surface area contributed by atoms with Crippen LogP contribution in [0.1, 0.15) is 65.8 Å². The van der Waals surface area contributed by atoms with Gasteiger partial charge in [0.2, 0.25) is 0 Å². The van der Waals surface area contributed by atoms with Crippen molar-refractivity contribution >= 4 is 34.7 Å². The minimum atomic E-state index is -0.413. The summed E-state index contributed by atoms with van der Waals surface area (Å²) in [6.45, 7) is 4.04. The first-order valence-electron chi connectivity index (χ1n) is 11.2. The van der Waals surface area contributed by atoms with Crippen LogP contribution >= 0.6 is 0 Å². The highest BCUT2D eigenvalue weighted by atomic mass is 16.2. The fraction of sp³-hybridized carbons (Fsp3) is 0.292. The highest BCUT2D eigenvalue weighted by molar-refractivity contribution is 6.15. The maximum atomic E-state index is 13.4. The van der Waals surface area contributed by atoms with Crippen molar-refractivity contribution < 1.29 is 9.59 Å². The van der Waals surface area contributed by atoms with E-state index in [4.69, 9.17) is 5.73 Å². The van der Waals surface area contributed by atoms with Gasteiger partial charge in [-0.15, -0.1) is 0 Å². The Bertz CT molecular complexity index is 1410. The summed E-state index contributed by atoms with van der Waals surface area (Å²) in [7, 11) is 1.80. The molecule has 174 valence electrons. The fourth-order valence-electron chi connectivity index (χ4n) is 4.03. The quantitative estimate of drug-likeness (QED) is 0.375. The van der Waals surface area contributed by atoms with Gasteiger partial charge in [0, 0.05) is 36.0 Å². The number of benzene rings is 1. The summed E-state index contributed by atoms with van der Waals surface area (Å²) in [5.41, 5.74) is 9.76. The van der Waals surface area contributed by atoms with Crippen LogP contribution in [0.5, 0.6) is 0 Å². The van der Waals surface area contributed by atoms with Gasteiger partial charge >= 0.3 is 6.03 Å². The minimum absolute atomic E-state index is 0.132. The molecule has 1 aromatic carbocycles. The fourth-order valence-corrected chi connectivity index (χ4v) is 4.03. The predicted octanol–water partition coefficient (Wildman–Crippen LogP) is 3.92. The number of carbonyl (C=O) groups is 2. The van der Waals surface area contributed by atoms with Crippen molar-refractivity contribution in [3.05, 3.63) is 65.2 Å². The Kier molecular flexibility index (Phi) is 5.27. The summed E-state index contributed by atoms with van der Waals surface area (Å²) in [4.78, 5) is 30.1. The SMILES string of the molecule is CC(C)c1cc(C(=O)c2cccc(NC(=O)Nc3cc(C4CC4)nn3C)c2)c2c(N)ncnn12. The van der Waals surface area contributed by atoms with E-state index in [0.717, 1.165) is 24.2 Å². The smallest absolute Gasteiger partial charge is 0.324 e. The van der Waals surface area contributed by atoms with Gasteiger partial charge in [-0.2, -0.15) is 10.2 Å². The third-order valence-corrected chi connectivity index (χ3v) is 5.96. The van der Waals surface area contributed by atoms with Crippen LogP contribution in [0.15, 0.2) is 42.7 Å². The number of nitrogens with one attached hydrogen (secondary N) is 2. The molecule has 1 aliphatic rings. The minimum Gasteiger partial charge on any atom is -0.382 e. The summed E-state index contributed by atoms with van der Waals surface area (Å²) in [5, 5.41) is 14.3. The number of hydrogen-bond donors (Lipinski definition) is 3. The Morgan fingerprint density at radius 1 is 1.15 bits per heavy atom. The normalized spacial score (nSPS) is 13.4. The molecular weight excluding hydrogens is 432 g/mol. The Morgan fingerprint density at radius 2 is 1.94 bits per heavy atom. The number of aryl methyl sites for hydroxylation is 1. The number of carbonyl (C=O) groups excluding carboxylic acids is 2. The summed E-state index contributed by atoms with van der Waals surface area (Å²) < 4.78 is 3.32. The van der Waals surface area contributed by atoms with Crippen LogP contribution < -0.4 is 16.4 Å². The van der Waals surface area contributed by atoms with Crippen LogP contribution in [0.4, 0.5) is 22.1 Å². The highest BCUT2D eigenvalue weighted by Gasteiger charge is 2.27. The molecule has 4 aromatic rings. The number of nitrogens with zero attached hydrogens (tertiary/aromatic N) is 5. The van der Waals surface area contributed by atoms with E-state index in [9.17, 15) is 9.59 Å². The summed E-state index contributed by atoms with van der Waals surface area (Å²) in [6, 6.07) is 10.1. The topological polar surface area (TPSA) is 132 Å². The van der Waals surface area contributed by atoms with Crippen molar-refractivity contribution in [3.8, 4) is 0 Å². The molecule has 3 aromatic heterocycles. The molecule has 0 spiro atoms. The molecule has 0 aliphatic heterocycles. The maximum Gasteiger partial charge on any atom is 0.324 e. The van der Waals surface area contributed by atoms with Crippen LogP contribution in [0.2, 0.25) is 0 Å². The Hall–Kier alpha value is -4.21. The van der Waals surface area contributed by atoms with E-state index in [-0.39, 0.29) is 17.5 Å². The van der Waals surface area contributed by atoms with Crippen LogP contribution in [-0.2, 0) is 7.05 Å². The largest absolute Gasteiger partial charge is 0.382 e. The van der Waals surface area contributed by atoms with E-state index < -0.39 is 6.03 Å². The lowest BCUT2D eigenvalue weighted by molar-refractivity contribution is 0.104. The molecule has 1 fully saturated rings. The number of nitrogens with two attached hydrogens (primary N) is 1. The van der Waals surface area contributed by atoms with Crippen molar-refractivity contribution in [1.29, 1.82) is 0 Å². The molecule has 10 heteroatoms. The lowest BCUT2D eigenvalue weighted by atomic mass is 10.0. The number of amides is 2. The number of anilines is 3. The molecular formula is C24H26N8O2. The first-order chi connectivity index (χ1) is 16.3. The van der Waals surface area contributed by atoms with Crippen LogP contribution in [-0.4, -0.2) is 36.2 Å². The molecule has 0 saturated heterocycles. The standard InChI is InChI=1S/C24H26N8O2/c1-13(2)19-10-17(21-23(25)26-12-27-32(19)21)22(33)15-5-4-6-16(9-15)28-24(34)29-20-11-18(14-7-8-14)30-31(20)3/h4-6,9-14H,7-8H2,1-3H3,(H2,25,26,27)(H2,28,29,34). The van der Waals surface area contributed by atoms with Gasteiger partial charge in [-0.3, -0.25) is 14.8 Å². The molecule has 3 heterocycles. The predicted molar refractivity (Wildman–Crippen MR) is 129 cm³/mol. The number of aromatic nitrogens is 5. The Morgan fingerprint density at radius 3 is 2.68 bits per heavy atom. The molecule has 0 bridgehead atoms. The number of urea groups is 1. The number of rotatable bonds is 6. The highest BCUT2D eigenvalue weighted by Crippen LogP contribution is 2.40. The Balaban J connectivity index is 1.38. The molecule has 2 amide bonds. The van der Waals surface area contributed by atoms with Gasteiger partial charge in [0.15, 0.2) is 11.6 Å². The van der Waals surface area contributed by atoms with E-state index >= 15 is 0 Å². The molecule has 0 atom stereocenters. The van der Waals surface area contributed by atoms with Crippen LogP contribution in [0, 0.1) is 0 Å². The third kappa shape index (κ3) is 3.98. The second-order valence-electron chi connectivity index (χ2n) is 8.88. The van der Waals surface area contributed by atoms with E-state index in [1.165, 1.54) is 6.33 Å². The average molecular weight is 459 g/mol. The molecule has 0 radical (unpaired) electrons. The average Bonchev–Trinajstić information content (AvgIpc) is 3.48. The van der Waals surface area contributed by atoms with E-state index in [2.05, 4.69) is 25.8 Å². The van der Waals surface area contributed by atoms with E-state index in [0.29, 0.717) is 34.1 Å². The number of ketones is 1. The van der Waals surface area contributed by atoms with Crippen molar-refractivity contribution in [2.75, 3.05) is 16.4 Å². The second-order valence-corrected chi connectivity index (χ2v) is 8.88. The van der Waals surface area contributed by atoms with Crippen molar-refractivity contribution in [3.63, 3.8) is 0 Å². The summed E-state index contributed by atoms with van der Waals surface area (Å²) in [5.74, 6) is 1.25. The van der Waals surface area contributed by atoms with Crippen LogP contribution in [0.3, 0.4) is 0 Å². The Labute approximate surface area is 196 Å².